The van der Waals surface area contributed by atoms with Crippen LogP contribution in [-0.4, -0.2) is 18.4 Å². The number of carbonyl (C=O) groups excluding carboxylic acids is 2. The number of carbonyl (C=O) groups is 2. The van der Waals surface area contributed by atoms with Crippen LogP contribution in [0.15, 0.2) is 54.6 Å². The summed E-state index contributed by atoms with van der Waals surface area (Å²) >= 11 is 0. The van der Waals surface area contributed by atoms with Gasteiger partial charge in [0.2, 0.25) is 11.8 Å². The third-order valence-electron chi connectivity index (χ3n) is 3.53. The van der Waals surface area contributed by atoms with E-state index in [0.717, 1.165) is 22.4 Å². The average molecular weight is 322 g/mol. The van der Waals surface area contributed by atoms with Gasteiger partial charge in [-0.2, -0.15) is 0 Å². The van der Waals surface area contributed by atoms with Crippen LogP contribution < -0.4 is 10.6 Å². The van der Waals surface area contributed by atoms with Gasteiger partial charge in [-0.05, 0) is 37.1 Å². The Kier molecular flexibility index (Phi) is 6.32. The van der Waals surface area contributed by atoms with Crippen molar-refractivity contribution >= 4 is 23.6 Å². The highest BCUT2D eigenvalue weighted by molar-refractivity contribution is 5.93. The third-order valence-corrected chi connectivity index (χ3v) is 3.53. The summed E-state index contributed by atoms with van der Waals surface area (Å²) in [5, 5.41) is 5.57. The van der Waals surface area contributed by atoms with E-state index < -0.39 is 0 Å². The lowest BCUT2D eigenvalue weighted by atomic mass is 10.1. The second kappa shape index (κ2) is 8.67. The Morgan fingerprint density at radius 3 is 2.50 bits per heavy atom. The van der Waals surface area contributed by atoms with E-state index in [1.54, 1.807) is 6.08 Å². The van der Waals surface area contributed by atoms with Gasteiger partial charge >= 0.3 is 0 Å². The van der Waals surface area contributed by atoms with Gasteiger partial charge in [0.15, 0.2) is 0 Å². The first kappa shape index (κ1) is 17.5. The maximum atomic E-state index is 11.9. The minimum absolute atomic E-state index is 0.116. The van der Waals surface area contributed by atoms with Crippen LogP contribution >= 0.6 is 0 Å². The number of amides is 2. The van der Waals surface area contributed by atoms with E-state index >= 15 is 0 Å². The molecule has 0 atom stereocenters. The fraction of sp³-hybridized carbons (Fsp3) is 0.200. The van der Waals surface area contributed by atoms with Crippen molar-refractivity contribution in [2.24, 2.45) is 0 Å². The van der Waals surface area contributed by atoms with Crippen LogP contribution in [0, 0.1) is 13.8 Å². The van der Waals surface area contributed by atoms with Gasteiger partial charge in [-0.3, -0.25) is 9.59 Å². The van der Waals surface area contributed by atoms with E-state index in [9.17, 15) is 9.59 Å². The average Bonchev–Trinajstić information content (AvgIpc) is 2.56. The lowest BCUT2D eigenvalue weighted by molar-refractivity contribution is -0.117. The standard InChI is InChI=1S/C20H22N2O2/c1-15-8-10-18(16(2)14-15)22-20(24)12-13-21-19(23)11-9-17-6-4-3-5-7-17/h3-11,14H,12-13H2,1-2H3,(H,21,23)(H,22,24). The van der Waals surface area contributed by atoms with Crippen molar-refractivity contribution in [3.05, 3.63) is 71.3 Å². The minimum atomic E-state index is -0.210. The molecule has 0 spiro atoms. The van der Waals surface area contributed by atoms with Gasteiger partial charge < -0.3 is 10.6 Å². The van der Waals surface area contributed by atoms with Crippen molar-refractivity contribution in [1.29, 1.82) is 0 Å². The molecule has 0 saturated carbocycles. The zero-order valence-electron chi connectivity index (χ0n) is 14.0. The smallest absolute Gasteiger partial charge is 0.244 e. The second-order valence-electron chi connectivity index (χ2n) is 5.65. The molecule has 2 amide bonds. The molecule has 0 aliphatic rings. The normalized spacial score (nSPS) is 10.6. The van der Waals surface area contributed by atoms with Crippen molar-refractivity contribution in [1.82, 2.24) is 5.32 Å². The van der Waals surface area contributed by atoms with Crippen LogP contribution in [0.4, 0.5) is 5.69 Å². The van der Waals surface area contributed by atoms with Gasteiger partial charge in [-0.25, -0.2) is 0 Å². The summed E-state index contributed by atoms with van der Waals surface area (Å²) in [7, 11) is 0. The molecule has 0 unspecified atom stereocenters. The van der Waals surface area contributed by atoms with E-state index in [4.69, 9.17) is 0 Å². The molecule has 0 bridgehead atoms. The first-order valence-electron chi connectivity index (χ1n) is 7.92. The molecule has 124 valence electrons. The number of hydrogen-bond acceptors (Lipinski definition) is 2. The maximum Gasteiger partial charge on any atom is 0.244 e. The molecule has 0 aliphatic heterocycles. The van der Waals surface area contributed by atoms with Crippen LogP contribution in [-0.2, 0) is 9.59 Å². The summed E-state index contributed by atoms with van der Waals surface area (Å²) in [6.45, 7) is 4.27. The van der Waals surface area contributed by atoms with Crippen LogP contribution in [0.25, 0.3) is 6.08 Å². The molecule has 2 aromatic carbocycles. The number of benzene rings is 2. The predicted molar refractivity (Wildman–Crippen MR) is 97.6 cm³/mol. The number of anilines is 1. The first-order valence-corrected chi connectivity index (χ1v) is 7.92. The third kappa shape index (κ3) is 5.72. The zero-order valence-corrected chi connectivity index (χ0v) is 14.0. The Bertz CT molecular complexity index is 737. The van der Waals surface area contributed by atoms with Crippen molar-refractivity contribution in [3.8, 4) is 0 Å². The maximum absolute atomic E-state index is 11.9. The van der Waals surface area contributed by atoms with Gasteiger partial charge in [0.05, 0.1) is 0 Å². The predicted octanol–water partition coefficient (Wildman–Crippen LogP) is 3.46. The summed E-state index contributed by atoms with van der Waals surface area (Å²) in [5.74, 6) is -0.326. The van der Waals surface area contributed by atoms with E-state index in [0.29, 0.717) is 6.54 Å². The molecule has 4 nitrogen and oxygen atoms in total. The lowest BCUT2D eigenvalue weighted by Gasteiger charge is -2.09. The molecule has 0 aliphatic carbocycles. The molecule has 0 saturated heterocycles. The van der Waals surface area contributed by atoms with Crippen LogP contribution in [0.3, 0.4) is 0 Å². The van der Waals surface area contributed by atoms with Crippen molar-refractivity contribution in [3.63, 3.8) is 0 Å². The Labute approximate surface area is 142 Å². The molecular weight excluding hydrogens is 300 g/mol. The van der Waals surface area contributed by atoms with Crippen LogP contribution in [0.1, 0.15) is 23.1 Å². The summed E-state index contributed by atoms with van der Waals surface area (Å²) in [4.78, 5) is 23.6. The molecular formula is C20H22N2O2. The summed E-state index contributed by atoms with van der Waals surface area (Å²) in [5.41, 5.74) is 3.95. The van der Waals surface area contributed by atoms with E-state index in [1.807, 2.05) is 62.4 Å². The largest absolute Gasteiger partial charge is 0.352 e. The highest BCUT2D eigenvalue weighted by Gasteiger charge is 2.05. The highest BCUT2D eigenvalue weighted by Crippen LogP contribution is 2.15. The van der Waals surface area contributed by atoms with Crippen molar-refractivity contribution < 1.29 is 9.59 Å². The monoisotopic (exact) mass is 322 g/mol. The van der Waals surface area contributed by atoms with E-state index in [2.05, 4.69) is 10.6 Å². The van der Waals surface area contributed by atoms with Gasteiger partial charge in [0.25, 0.3) is 0 Å². The molecule has 0 fully saturated rings. The molecule has 0 radical (unpaired) electrons. The topological polar surface area (TPSA) is 58.2 Å². The van der Waals surface area contributed by atoms with E-state index in [1.165, 1.54) is 6.08 Å². The molecule has 0 heterocycles. The van der Waals surface area contributed by atoms with Crippen molar-refractivity contribution in [2.45, 2.75) is 20.3 Å². The molecule has 0 aromatic heterocycles. The summed E-state index contributed by atoms with van der Waals surface area (Å²) in [6.07, 6.45) is 3.45. The lowest BCUT2D eigenvalue weighted by Crippen LogP contribution is -2.26. The molecule has 4 heteroatoms. The Hall–Kier alpha value is -2.88. The number of rotatable bonds is 6. The second-order valence-corrected chi connectivity index (χ2v) is 5.65. The van der Waals surface area contributed by atoms with Gasteiger partial charge in [-0.1, -0.05) is 48.0 Å². The summed E-state index contributed by atoms with van der Waals surface area (Å²) < 4.78 is 0. The fourth-order valence-electron chi connectivity index (χ4n) is 2.26. The molecule has 24 heavy (non-hydrogen) atoms. The molecule has 2 aromatic rings. The van der Waals surface area contributed by atoms with E-state index in [-0.39, 0.29) is 18.2 Å². The summed E-state index contributed by atoms with van der Waals surface area (Å²) in [6, 6.07) is 15.5. The van der Waals surface area contributed by atoms with Gasteiger partial charge in [0.1, 0.15) is 0 Å². The van der Waals surface area contributed by atoms with Gasteiger partial charge in [0, 0.05) is 24.7 Å². The number of nitrogens with one attached hydrogen (secondary N) is 2. The fourth-order valence-corrected chi connectivity index (χ4v) is 2.26. The quantitative estimate of drug-likeness (QED) is 0.800. The molecule has 2 rings (SSSR count). The minimum Gasteiger partial charge on any atom is -0.352 e. The SMILES string of the molecule is Cc1ccc(NC(=O)CCNC(=O)C=Cc2ccccc2)c(C)c1. The Balaban J connectivity index is 1.74. The zero-order chi connectivity index (χ0) is 17.4. The highest BCUT2D eigenvalue weighted by atomic mass is 16.2. The van der Waals surface area contributed by atoms with Crippen LogP contribution in [0.5, 0.6) is 0 Å². The van der Waals surface area contributed by atoms with Gasteiger partial charge in [-0.15, -0.1) is 0 Å². The Morgan fingerprint density at radius 1 is 1.04 bits per heavy atom. The molecule has 2 N–H and O–H groups in total. The van der Waals surface area contributed by atoms with Crippen molar-refractivity contribution in [2.75, 3.05) is 11.9 Å². The number of hydrogen-bond donors (Lipinski definition) is 2. The van der Waals surface area contributed by atoms with Crippen LogP contribution in [0.2, 0.25) is 0 Å². The first-order chi connectivity index (χ1) is 11.5. The number of aryl methyl sites for hydroxylation is 2. The Morgan fingerprint density at radius 2 is 1.79 bits per heavy atom.